The Morgan fingerprint density at radius 1 is 1.23 bits per heavy atom. The minimum absolute atomic E-state index is 0.154. The lowest BCUT2D eigenvalue weighted by atomic mass is 10.1. The molecule has 0 saturated carbocycles. The second-order valence-electron chi connectivity index (χ2n) is 4.83. The summed E-state index contributed by atoms with van der Waals surface area (Å²) in [5.41, 5.74) is 0.288. The lowest BCUT2D eigenvalue weighted by Gasteiger charge is -2.22. The van der Waals surface area contributed by atoms with Gasteiger partial charge < -0.3 is 9.64 Å². The molecule has 0 radical (unpaired) electrons. The van der Waals surface area contributed by atoms with E-state index in [1.807, 2.05) is 13.8 Å². The lowest BCUT2D eigenvalue weighted by Crippen LogP contribution is -2.23. The largest absolute Gasteiger partial charge is 0.491 e. The molecule has 1 aliphatic rings. The first-order valence-corrected chi connectivity index (χ1v) is 7.15. The first-order valence-electron chi connectivity index (χ1n) is 7.15. The summed E-state index contributed by atoms with van der Waals surface area (Å²) < 4.78 is 68.6. The van der Waals surface area contributed by atoms with Crippen LogP contribution in [0.15, 0.2) is 12.1 Å². The normalized spacial score (nSPS) is 18.0. The van der Waals surface area contributed by atoms with Gasteiger partial charge in [0.2, 0.25) is 5.82 Å². The van der Waals surface area contributed by atoms with E-state index in [4.69, 9.17) is 4.74 Å². The molecule has 1 saturated heterocycles. The first kappa shape index (κ1) is 18.5. The van der Waals surface area contributed by atoms with Gasteiger partial charge in [0, 0.05) is 19.5 Å². The Bertz CT molecular complexity index is 490. The van der Waals surface area contributed by atoms with Gasteiger partial charge in [-0.2, -0.15) is 17.6 Å². The fourth-order valence-corrected chi connectivity index (χ4v) is 2.51. The number of benzene rings is 1. The SMILES string of the molecule is CC.COc1c(N2CCC(CC(F)(F)F)C2)ccc(F)c1F. The van der Waals surface area contributed by atoms with Crippen LogP contribution in [0.5, 0.6) is 5.75 Å². The van der Waals surface area contributed by atoms with Crippen LogP contribution >= 0.6 is 0 Å². The highest BCUT2D eigenvalue weighted by Gasteiger charge is 2.36. The van der Waals surface area contributed by atoms with Crippen LogP contribution in [0.3, 0.4) is 0 Å². The second-order valence-corrected chi connectivity index (χ2v) is 4.83. The van der Waals surface area contributed by atoms with Crippen LogP contribution in [0.4, 0.5) is 27.6 Å². The summed E-state index contributed by atoms with van der Waals surface area (Å²) in [5, 5.41) is 0. The number of methoxy groups -OCH3 is 1. The molecular weight excluding hydrogens is 305 g/mol. The van der Waals surface area contributed by atoms with Crippen molar-refractivity contribution in [2.24, 2.45) is 5.92 Å². The number of nitrogens with zero attached hydrogens (tertiary/aromatic N) is 1. The van der Waals surface area contributed by atoms with Crippen molar-refractivity contribution in [2.75, 3.05) is 25.1 Å². The van der Waals surface area contributed by atoms with Gasteiger partial charge in [-0.15, -0.1) is 0 Å². The van der Waals surface area contributed by atoms with Gasteiger partial charge >= 0.3 is 6.18 Å². The highest BCUT2D eigenvalue weighted by Crippen LogP contribution is 2.38. The van der Waals surface area contributed by atoms with Crippen LogP contribution in [-0.4, -0.2) is 26.4 Å². The molecule has 1 fully saturated rings. The molecule has 0 spiro atoms. The van der Waals surface area contributed by atoms with Crippen LogP contribution in [0, 0.1) is 17.6 Å². The maximum absolute atomic E-state index is 13.6. The molecule has 0 N–H and O–H groups in total. The minimum atomic E-state index is -4.21. The fourth-order valence-electron chi connectivity index (χ4n) is 2.51. The van der Waals surface area contributed by atoms with Crippen LogP contribution < -0.4 is 9.64 Å². The number of alkyl halides is 3. The Balaban J connectivity index is 0.00000116. The molecule has 2 rings (SSSR count). The van der Waals surface area contributed by atoms with E-state index in [0.29, 0.717) is 13.0 Å². The average molecular weight is 325 g/mol. The molecule has 0 bridgehead atoms. The third-order valence-electron chi connectivity index (χ3n) is 3.38. The van der Waals surface area contributed by atoms with E-state index in [1.54, 1.807) is 4.90 Å². The van der Waals surface area contributed by atoms with Crippen LogP contribution in [0.25, 0.3) is 0 Å². The third kappa shape index (κ3) is 4.48. The van der Waals surface area contributed by atoms with Gasteiger partial charge in [0.1, 0.15) is 0 Å². The zero-order valence-corrected chi connectivity index (χ0v) is 12.8. The lowest BCUT2D eigenvalue weighted by molar-refractivity contribution is -0.142. The van der Waals surface area contributed by atoms with E-state index < -0.39 is 30.1 Å². The summed E-state index contributed by atoms with van der Waals surface area (Å²) in [4.78, 5) is 1.60. The van der Waals surface area contributed by atoms with Gasteiger partial charge in [-0.25, -0.2) is 4.39 Å². The molecule has 22 heavy (non-hydrogen) atoms. The monoisotopic (exact) mass is 325 g/mol. The van der Waals surface area contributed by atoms with Gasteiger partial charge in [-0.3, -0.25) is 0 Å². The van der Waals surface area contributed by atoms with Crippen molar-refractivity contribution < 1.29 is 26.7 Å². The molecule has 1 heterocycles. The number of ether oxygens (including phenoxy) is 1. The summed E-state index contributed by atoms with van der Waals surface area (Å²) >= 11 is 0. The molecule has 7 heteroatoms. The summed E-state index contributed by atoms with van der Waals surface area (Å²) in [6.45, 7) is 4.52. The molecule has 0 amide bonds. The Hall–Kier alpha value is -1.53. The van der Waals surface area contributed by atoms with E-state index in [2.05, 4.69) is 0 Å². The van der Waals surface area contributed by atoms with Gasteiger partial charge in [0.15, 0.2) is 11.6 Å². The quantitative estimate of drug-likeness (QED) is 0.742. The van der Waals surface area contributed by atoms with Gasteiger partial charge in [0.05, 0.1) is 12.8 Å². The average Bonchev–Trinajstić information content (AvgIpc) is 2.90. The molecule has 1 aliphatic heterocycles. The van der Waals surface area contributed by atoms with Gasteiger partial charge in [-0.1, -0.05) is 13.8 Å². The zero-order valence-electron chi connectivity index (χ0n) is 12.8. The molecule has 126 valence electrons. The molecule has 1 unspecified atom stereocenters. The standard InChI is InChI=1S/C13H14F5NO.C2H6/c1-20-12-10(3-2-9(14)11(12)15)19-5-4-8(7-19)6-13(16,17)18;1-2/h2-3,8H,4-7H2,1H3;1-2H3. The Morgan fingerprint density at radius 3 is 2.41 bits per heavy atom. The Morgan fingerprint density at radius 2 is 1.86 bits per heavy atom. The number of anilines is 1. The summed E-state index contributed by atoms with van der Waals surface area (Å²) in [6, 6.07) is 2.28. The maximum atomic E-state index is 13.6. The highest BCUT2D eigenvalue weighted by atomic mass is 19.4. The smallest absolute Gasteiger partial charge is 0.389 e. The Labute approximate surface area is 126 Å². The van der Waals surface area contributed by atoms with E-state index in [0.717, 1.165) is 6.07 Å². The van der Waals surface area contributed by atoms with Crippen molar-refractivity contribution in [3.63, 3.8) is 0 Å². The van der Waals surface area contributed by atoms with E-state index in [-0.39, 0.29) is 18.0 Å². The van der Waals surface area contributed by atoms with Gasteiger partial charge in [0.25, 0.3) is 0 Å². The summed E-state index contributed by atoms with van der Waals surface area (Å²) in [7, 11) is 1.20. The molecule has 0 aromatic heterocycles. The first-order chi connectivity index (χ1) is 10.3. The molecule has 1 atom stereocenters. The van der Waals surface area contributed by atoms with Crippen molar-refractivity contribution in [2.45, 2.75) is 32.9 Å². The molecule has 1 aromatic rings. The number of rotatable bonds is 3. The van der Waals surface area contributed by atoms with Crippen molar-refractivity contribution in [3.05, 3.63) is 23.8 Å². The number of hydrogen-bond acceptors (Lipinski definition) is 2. The second kappa shape index (κ2) is 7.65. The van der Waals surface area contributed by atoms with Crippen LogP contribution in [-0.2, 0) is 0 Å². The molecule has 1 aromatic carbocycles. The predicted molar refractivity (Wildman–Crippen MR) is 75.3 cm³/mol. The molecule has 0 aliphatic carbocycles. The van der Waals surface area contributed by atoms with E-state index in [9.17, 15) is 22.0 Å². The van der Waals surface area contributed by atoms with Crippen molar-refractivity contribution in [1.29, 1.82) is 0 Å². The minimum Gasteiger partial charge on any atom is -0.491 e. The Kier molecular flexibility index (Phi) is 6.44. The molecule has 2 nitrogen and oxygen atoms in total. The summed E-state index contributed by atoms with van der Waals surface area (Å²) in [6.07, 6.45) is -4.71. The fraction of sp³-hybridized carbons (Fsp3) is 0.600. The zero-order chi connectivity index (χ0) is 16.9. The van der Waals surface area contributed by atoms with E-state index >= 15 is 0 Å². The number of hydrogen-bond donors (Lipinski definition) is 0. The highest BCUT2D eigenvalue weighted by molar-refractivity contribution is 5.60. The van der Waals surface area contributed by atoms with Gasteiger partial charge in [-0.05, 0) is 24.5 Å². The third-order valence-corrected chi connectivity index (χ3v) is 3.38. The van der Waals surface area contributed by atoms with Crippen molar-refractivity contribution in [1.82, 2.24) is 0 Å². The van der Waals surface area contributed by atoms with E-state index in [1.165, 1.54) is 13.2 Å². The topological polar surface area (TPSA) is 12.5 Å². The van der Waals surface area contributed by atoms with Crippen molar-refractivity contribution in [3.8, 4) is 5.75 Å². The van der Waals surface area contributed by atoms with Crippen molar-refractivity contribution >= 4 is 5.69 Å². The van der Waals surface area contributed by atoms with Crippen LogP contribution in [0.2, 0.25) is 0 Å². The molecular formula is C15H20F5NO. The predicted octanol–water partition coefficient (Wildman–Crippen LogP) is 4.78. The maximum Gasteiger partial charge on any atom is 0.389 e. The number of halogens is 5. The summed E-state index contributed by atoms with van der Waals surface area (Å²) in [5.74, 6) is -2.97. The van der Waals surface area contributed by atoms with Crippen LogP contribution in [0.1, 0.15) is 26.7 Å².